The predicted molar refractivity (Wildman–Crippen MR) is 84.6 cm³/mol. The van der Waals surface area contributed by atoms with Crippen LogP contribution in [0.25, 0.3) is 0 Å². The molecule has 0 aromatic heterocycles. The molecule has 0 bridgehead atoms. The van der Waals surface area contributed by atoms with E-state index < -0.39 is 0 Å². The molecular weight excluding hydrogens is 250 g/mol. The highest BCUT2D eigenvalue weighted by atomic mass is 16.2. The zero-order valence-corrected chi connectivity index (χ0v) is 13.6. The van der Waals surface area contributed by atoms with Gasteiger partial charge in [-0.25, -0.2) is 0 Å². The Balaban J connectivity index is 2.59. The van der Waals surface area contributed by atoms with E-state index in [0.717, 1.165) is 38.6 Å². The summed E-state index contributed by atoms with van der Waals surface area (Å²) in [5, 5.41) is 3.11. The molecule has 1 saturated carbocycles. The van der Waals surface area contributed by atoms with E-state index in [1.54, 1.807) is 0 Å². The summed E-state index contributed by atoms with van der Waals surface area (Å²) in [4.78, 5) is 14.6. The maximum Gasteiger partial charge on any atom is 0.234 e. The van der Waals surface area contributed by atoms with Crippen LogP contribution in [0.1, 0.15) is 65.7 Å². The van der Waals surface area contributed by atoms with Gasteiger partial charge in [0.05, 0.1) is 6.54 Å². The minimum absolute atomic E-state index is 0.0708. The Morgan fingerprint density at radius 2 is 1.95 bits per heavy atom. The van der Waals surface area contributed by atoms with Gasteiger partial charge in [0.25, 0.3) is 0 Å². The van der Waals surface area contributed by atoms with Crippen molar-refractivity contribution >= 4 is 5.91 Å². The monoisotopic (exact) mass is 283 g/mol. The lowest BCUT2D eigenvalue weighted by Crippen LogP contribution is -2.55. The Morgan fingerprint density at radius 1 is 1.30 bits per heavy atom. The maximum atomic E-state index is 12.2. The van der Waals surface area contributed by atoms with E-state index in [1.165, 1.54) is 12.8 Å². The van der Waals surface area contributed by atoms with Gasteiger partial charge in [-0.1, -0.05) is 33.1 Å². The van der Waals surface area contributed by atoms with Crippen molar-refractivity contribution in [2.75, 3.05) is 19.6 Å². The molecule has 0 heterocycles. The molecule has 4 nitrogen and oxygen atoms in total. The summed E-state index contributed by atoms with van der Waals surface area (Å²) in [6, 6.07) is 0.272. The smallest absolute Gasteiger partial charge is 0.234 e. The van der Waals surface area contributed by atoms with Crippen LogP contribution in [0.4, 0.5) is 0 Å². The average Bonchev–Trinajstić information content (AvgIpc) is 2.88. The van der Waals surface area contributed by atoms with Gasteiger partial charge in [0.2, 0.25) is 5.91 Å². The third-order valence-corrected chi connectivity index (χ3v) is 4.54. The van der Waals surface area contributed by atoms with Gasteiger partial charge >= 0.3 is 0 Å². The fraction of sp³-hybridized carbons (Fsp3) is 0.938. The number of hydrogen-bond donors (Lipinski definition) is 2. The molecule has 1 amide bonds. The van der Waals surface area contributed by atoms with Crippen LogP contribution in [-0.4, -0.2) is 42.0 Å². The van der Waals surface area contributed by atoms with E-state index >= 15 is 0 Å². The van der Waals surface area contributed by atoms with E-state index in [2.05, 4.69) is 31.0 Å². The minimum Gasteiger partial charge on any atom is -0.353 e. The Kier molecular flexibility index (Phi) is 7.52. The van der Waals surface area contributed by atoms with Crippen molar-refractivity contribution in [1.82, 2.24) is 10.2 Å². The van der Waals surface area contributed by atoms with Crippen molar-refractivity contribution in [1.29, 1.82) is 0 Å². The van der Waals surface area contributed by atoms with Crippen LogP contribution in [0.3, 0.4) is 0 Å². The van der Waals surface area contributed by atoms with Gasteiger partial charge in [-0.2, -0.15) is 0 Å². The first-order chi connectivity index (χ1) is 9.57. The number of hydrogen-bond acceptors (Lipinski definition) is 3. The first kappa shape index (κ1) is 17.4. The van der Waals surface area contributed by atoms with Gasteiger partial charge in [-0.05, 0) is 39.2 Å². The molecule has 3 N–H and O–H groups in total. The van der Waals surface area contributed by atoms with Crippen molar-refractivity contribution in [3.63, 3.8) is 0 Å². The molecule has 0 aliphatic heterocycles. The summed E-state index contributed by atoms with van der Waals surface area (Å²) in [6.07, 6.45) is 7.98. The Hall–Kier alpha value is -0.610. The second-order valence-electron chi connectivity index (χ2n) is 6.31. The second-order valence-corrected chi connectivity index (χ2v) is 6.31. The van der Waals surface area contributed by atoms with Crippen LogP contribution in [0.5, 0.6) is 0 Å². The third kappa shape index (κ3) is 4.74. The molecule has 20 heavy (non-hydrogen) atoms. The van der Waals surface area contributed by atoms with Gasteiger partial charge in [0.1, 0.15) is 0 Å². The van der Waals surface area contributed by atoms with E-state index in [1.807, 2.05) is 0 Å². The van der Waals surface area contributed by atoms with Crippen LogP contribution in [0, 0.1) is 0 Å². The predicted octanol–water partition coefficient (Wildman–Crippen LogP) is 2.27. The zero-order chi connectivity index (χ0) is 15.0. The third-order valence-electron chi connectivity index (χ3n) is 4.54. The summed E-state index contributed by atoms with van der Waals surface area (Å²) >= 11 is 0. The minimum atomic E-state index is 0.0708. The molecule has 0 radical (unpaired) electrons. The van der Waals surface area contributed by atoms with Crippen molar-refractivity contribution < 1.29 is 4.79 Å². The number of nitrogens with one attached hydrogen (secondary N) is 1. The summed E-state index contributed by atoms with van der Waals surface area (Å²) in [5.41, 5.74) is 6.12. The fourth-order valence-electron chi connectivity index (χ4n) is 3.44. The quantitative estimate of drug-likeness (QED) is 0.682. The topological polar surface area (TPSA) is 58.4 Å². The summed E-state index contributed by atoms with van der Waals surface area (Å²) < 4.78 is 0. The van der Waals surface area contributed by atoms with Gasteiger partial charge in [-0.15, -0.1) is 0 Å². The van der Waals surface area contributed by atoms with Gasteiger partial charge < -0.3 is 11.1 Å². The lowest BCUT2D eigenvalue weighted by atomic mass is 9.94. The largest absolute Gasteiger partial charge is 0.353 e. The number of amides is 1. The Bertz CT molecular complexity index is 287. The molecule has 0 aromatic rings. The Labute approximate surface area is 124 Å². The van der Waals surface area contributed by atoms with Crippen LogP contribution in [-0.2, 0) is 4.79 Å². The summed E-state index contributed by atoms with van der Waals surface area (Å²) in [6.45, 7) is 8.54. The highest BCUT2D eigenvalue weighted by Crippen LogP contribution is 2.34. The summed E-state index contributed by atoms with van der Waals surface area (Å²) in [5.74, 6) is 0.152. The molecule has 4 heteroatoms. The average molecular weight is 283 g/mol. The number of nitrogens with zero attached hydrogens (tertiary/aromatic N) is 1. The number of nitrogens with two attached hydrogens (primary N) is 1. The molecule has 0 aromatic carbocycles. The van der Waals surface area contributed by atoms with Crippen molar-refractivity contribution in [2.45, 2.75) is 77.3 Å². The van der Waals surface area contributed by atoms with Crippen molar-refractivity contribution in [3.8, 4) is 0 Å². The lowest BCUT2D eigenvalue weighted by Gasteiger charge is -2.40. The molecule has 118 valence electrons. The van der Waals surface area contributed by atoms with Gasteiger partial charge in [-0.3, -0.25) is 9.69 Å². The van der Waals surface area contributed by atoms with Crippen molar-refractivity contribution in [2.24, 2.45) is 5.73 Å². The molecule has 1 unspecified atom stereocenters. The normalized spacial score (nSPS) is 19.2. The van der Waals surface area contributed by atoms with Crippen LogP contribution < -0.4 is 11.1 Å². The number of carbonyl (C=O) groups is 1. The SMILES string of the molecule is CCCC(C)NC(=O)CN(CCC)C1(CN)CCCC1. The van der Waals surface area contributed by atoms with E-state index in [9.17, 15) is 4.79 Å². The van der Waals surface area contributed by atoms with Gasteiger partial charge in [0, 0.05) is 18.1 Å². The second kappa shape index (κ2) is 8.63. The van der Waals surface area contributed by atoms with Crippen molar-refractivity contribution in [3.05, 3.63) is 0 Å². The highest BCUT2D eigenvalue weighted by Gasteiger charge is 2.38. The standard InChI is InChI=1S/C16H33N3O/c1-4-8-14(3)18-15(20)12-19(11-5-2)16(13-17)9-6-7-10-16/h14H,4-13,17H2,1-3H3,(H,18,20). The molecule has 1 aliphatic rings. The van der Waals surface area contributed by atoms with Crippen LogP contribution in [0.15, 0.2) is 0 Å². The zero-order valence-electron chi connectivity index (χ0n) is 13.6. The van der Waals surface area contributed by atoms with E-state index in [4.69, 9.17) is 5.73 Å². The molecule has 1 aliphatic carbocycles. The molecule has 1 atom stereocenters. The van der Waals surface area contributed by atoms with Gasteiger partial charge in [0.15, 0.2) is 0 Å². The maximum absolute atomic E-state index is 12.2. The molecule has 0 saturated heterocycles. The number of rotatable bonds is 9. The van der Waals surface area contributed by atoms with Crippen LogP contribution in [0.2, 0.25) is 0 Å². The molecule has 1 fully saturated rings. The molecule has 1 rings (SSSR count). The van der Waals surface area contributed by atoms with Crippen LogP contribution >= 0.6 is 0 Å². The Morgan fingerprint density at radius 3 is 2.45 bits per heavy atom. The molecule has 0 spiro atoms. The van der Waals surface area contributed by atoms with E-state index in [-0.39, 0.29) is 17.5 Å². The van der Waals surface area contributed by atoms with E-state index in [0.29, 0.717) is 13.1 Å². The highest BCUT2D eigenvalue weighted by molar-refractivity contribution is 5.78. The fourth-order valence-corrected chi connectivity index (χ4v) is 3.44. The lowest BCUT2D eigenvalue weighted by molar-refractivity contribution is -0.124. The first-order valence-electron chi connectivity index (χ1n) is 8.32. The first-order valence-corrected chi connectivity index (χ1v) is 8.32. The number of carbonyl (C=O) groups excluding carboxylic acids is 1. The summed E-state index contributed by atoms with van der Waals surface area (Å²) in [7, 11) is 0. The molecular formula is C16H33N3O.